The van der Waals surface area contributed by atoms with E-state index < -0.39 is 0 Å². The molecule has 1 fully saturated rings. The van der Waals surface area contributed by atoms with Crippen LogP contribution in [-0.4, -0.2) is 23.1 Å². The van der Waals surface area contributed by atoms with Crippen molar-refractivity contribution in [3.63, 3.8) is 0 Å². The molecule has 1 aliphatic rings. The third kappa shape index (κ3) is 4.69. The highest BCUT2D eigenvalue weighted by Crippen LogP contribution is 2.26. The molecule has 6 heteroatoms. The largest absolute Gasteiger partial charge is 0.372 e. The van der Waals surface area contributed by atoms with Gasteiger partial charge in [-0.2, -0.15) is 10.2 Å². The Balaban J connectivity index is 1.48. The summed E-state index contributed by atoms with van der Waals surface area (Å²) < 4.78 is 0. The van der Waals surface area contributed by atoms with Gasteiger partial charge in [-0.1, -0.05) is 19.1 Å². The quantitative estimate of drug-likeness (QED) is 0.601. The number of aryl methyl sites for hydroxylation is 1. The highest BCUT2D eigenvalue weighted by Gasteiger charge is 2.15. The van der Waals surface area contributed by atoms with Crippen molar-refractivity contribution in [2.75, 3.05) is 28.6 Å². The number of hydrogen-bond acceptors (Lipinski definition) is 6. The number of anilines is 5. The van der Waals surface area contributed by atoms with Gasteiger partial charge in [-0.15, -0.1) is 0 Å². The molecule has 2 aromatic carbocycles. The van der Waals surface area contributed by atoms with E-state index in [0.29, 0.717) is 23.0 Å². The van der Waals surface area contributed by atoms with Crippen LogP contribution in [0.3, 0.4) is 0 Å². The molecule has 0 saturated carbocycles. The van der Waals surface area contributed by atoms with E-state index in [1.807, 2.05) is 31.2 Å². The van der Waals surface area contributed by atoms with Crippen molar-refractivity contribution in [2.24, 2.45) is 5.92 Å². The fraction of sp³-hybridized carbons (Fsp3) is 0.292. The number of nitrogens with zero attached hydrogens (tertiary/aromatic N) is 4. The van der Waals surface area contributed by atoms with E-state index in [-0.39, 0.29) is 0 Å². The minimum absolute atomic E-state index is 0.458. The van der Waals surface area contributed by atoms with E-state index in [4.69, 9.17) is 0 Å². The Labute approximate surface area is 177 Å². The summed E-state index contributed by atoms with van der Waals surface area (Å²) in [6.45, 7) is 6.50. The van der Waals surface area contributed by atoms with Crippen molar-refractivity contribution in [2.45, 2.75) is 26.7 Å². The smallest absolute Gasteiger partial charge is 0.229 e. The van der Waals surface area contributed by atoms with Gasteiger partial charge in [-0.05, 0) is 62.1 Å². The molecule has 0 aliphatic carbocycles. The van der Waals surface area contributed by atoms with Crippen LogP contribution in [0, 0.1) is 24.2 Å². The first kappa shape index (κ1) is 19.7. The van der Waals surface area contributed by atoms with Gasteiger partial charge in [0.15, 0.2) is 0 Å². The Hall–Kier alpha value is -3.59. The molecule has 0 bridgehead atoms. The van der Waals surface area contributed by atoms with Crippen molar-refractivity contribution in [3.8, 4) is 6.07 Å². The number of nitrogens with one attached hydrogen (secondary N) is 2. The molecule has 1 saturated heterocycles. The summed E-state index contributed by atoms with van der Waals surface area (Å²) in [7, 11) is 0. The molecule has 0 amide bonds. The molecule has 2 heterocycles. The lowest BCUT2D eigenvalue weighted by atomic mass is 9.99. The third-order valence-corrected chi connectivity index (χ3v) is 5.44. The first-order valence-electron chi connectivity index (χ1n) is 10.3. The molecule has 3 aromatic rings. The molecule has 2 N–H and O–H groups in total. The molecule has 0 unspecified atom stereocenters. The Kier molecular flexibility index (Phi) is 5.80. The summed E-state index contributed by atoms with van der Waals surface area (Å²) in [5, 5.41) is 15.8. The predicted octanol–water partition coefficient (Wildman–Crippen LogP) is 5.38. The summed E-state index contributed by atoms with van der Waals surface area (Å²) in [6.07, 6.45) is 2.51. The number of benzene rings is 2. The number of rotatable bonds is 5. The predicted molar refractivity (Wildman–Crippen MR) is 122 cm³/mol. The van der Waals surface area contributed by atoms with Crippen LogP contribution in [0.25, 0.3) is 0 Å². The Morgan fingerprint density at radius 1 is 1.00 bits per heavy atom. The molecule has 30 heavy (non-hydrogen) atoms. The lowest BCUT2D eigenvalue weighted by Gasteiger charge is -2.32. The van der Waals surface area contributed by atoms with Gasteiger partial charge in [0.05, 0.1) is 11.3 Å². The average molecular weight is 399 g/mol. The number of piperidine rings is 1. The van der Waals surface area contributed by atoms with Crippen LogP contribution in [0.1, 0.15) is 31.0 Å². The second-order valence-electron chi connectivity index (χ2n) is 7.84. The van der Waals surface area contributed by atoms with E-state index in [9.17, 15) is 5.26 Å². The molecular weight excluding hydrogens is 372 g/mol. The lowest BCUT2D eigenvalue weighted by Crippen LogP contribution is -2.32. The highest BCUT2D eigenvalue weighted by atomic mass is 15.2. The monoisotopic (exact) mass is 398 g/mol. The Morgan fingerprint density at radius 3 is 2.47 bits per heavy atom. The molecular formula is C24H26N6. The van der Waals surface area contributed by atoms with Gasteiger partial charge in [0, 0.05) is 36.2 Å². The normalized spacial score (nSPS) is 14.2. The van der Waals surface area contributed by atoms with Crippen LogP contribution in [0.4, 0.5) is 28.8 Å². The zero-order chi connectivity index (χ0) is 20.9. The van der Waals surface area contributed by atoms with Gasteiger partial charge >= 0.3 is 0 Å². The molecule has 0 atom stereocenters. The maximum Gasteiger partial charge on any atom is 0.229 e. The van der Waals surface area contributed by atoms with Crippen LogP contribution >= 0.6 is 0 Å². The third-order valence-electron chi connectivity index (χ3n) is 5.44. The van der Waals surface area contributed by atoms with Crippen LogP contribution in [-0.2, 0) is 0 Å². The second kappa shape index (κ2) is 8.83. The van der Waals surface area contributed by atoms with Crippen molar-refractivity contribution < 1.29 is 0 Å². The lowest BCUT2D eigenvalue weighted by molar-refractivity contribution is 0.438. The summed E-state index contributed by atoms with van der Waals surface area (Å²) >= 11 is 0. The molecule has 1 aliphatic heterocycles. The van der Waals surface area contributed by atoms with Gasteiger partial charge in [0.2, 0.25) is 5.95 Å². The topological polar surface area (TPSA) is 76.9 Å². The van der Waals surface area contributed by atoms with E-state index >= 15 is 0 Å². The molecule has 152 valence electrons. The fourth-order valence-corrected chi connectivity index (χ4v) is 3.67. The standard InChI is InChI=1S/C24H26N6/c1-17-11-13-30(14-12-17)21-9-7-20(8-10-21)27-23-15-18(2)26-24(29-23)28-22-6-4-3-5-19(22)16-25/h3-10,15,17H,11-14H2,1-2H3,(H2,26,27,28,29). The van der Waals surface area contributed by atoms with E-state index in [0.717, 1.165) is 30.4 Å². The summed E-state index contributed by atoms with van der Waals surface area (Å²) in [5.41, 5.74) is 4.33. The van der Waals surface area contributed by atoms with Gasteiger partial charge in [-0.25, -0.2) is 4.98 Å². The Morgan fingerprint density at radius 2 is 1.73 bits per heavy atom. The van der Waals surface area contributed by atoms with Crippen LogP contribution < -0.4 is 15.5 Å². The minimum Gasteiger partial charge on any atom is -0.372 e. The maximum atomic E-state index is 9.28. The summed E-state index contributed by atoms with van der Waals surface area (Å²) in [5.74, 6) is 1.99. The van der Waals surface area contributed by atoms with Gasteiger partial charge in [0.1, 0.15) is 11.9 Å². The number of hydrogen-bond donors (Lipinski definition) is 2. The maximum absolute atomic E-state index is 9.28. The molecule has 4 rings (SSSR count). The van der Waals surface area contributed by atoms with Crippen molar-refractivity contribution in [1.29, 1.82) is 5.26 Å². The minimum atomic E-state index is 0.458. The SMILES string of the molecule is Cc1cc(Nc2ccc(N3CCC(C)CC3)cc2)nc(Nc2ccccc2C#N)n1. The van der Waals surface area contributed by atoms with Crippen LogP contribution in [0.5, 0.6) is 0 Å². The molecule has 1 aromatic heterocycles. The molecule has 6 nitrogen and oxygen atoms in total. The number of para-hydroxylation sites is 1. The van der Waals surface area contributed by atoms with Crippen molar-refractivity contribution in [3.05, 3.63) is 65.9 Å². The fourth-order valence-electron chi connectivity index (χ4n) is 3.67. The second-order valence-corrected chi connectivity index (χ2v) is 7.84. The van der Waals surface area contributed by atoms with Gasteiger partial charge in [-0.3, -0.25) is 0 Å². The van der Waals surface area contributed by atoms with Crippen LogP contribution in [0.15, 0.2) is 54.6 Å². The van der Waals surface area contributed by atoms with Gasteiger partial charge < -0.3 is 15.5 Å². The van der Waals surface area contributed by atoms with Crippen molar-refractivity contribution in [1.82, 2.24) is 9.97 Å². The van der Waals surface area contributed by atoms with E-state index in [1.54, 1.807) is 6.07 Å². The highest BCUT2D eigenvalue weighted by molar-refractivity contribution is 5.65. The first-order valence-corrected chi connectivity index (χ1v) is 10.3. The van der Waals surface area contributed by atoms with Crippen molar-refractivity contribution >= 4 is 28.8 Å². The van der Waals surface area contributed by atoms with E-state index in [2.05, 4.69) is 62.8 Å². The first-order chi connectivity index (χ1) is 14.6. The summed E-state index contributed by atoms with van der Waals surface area (Å²) in [6, 6.07) is 19.9. The number of aromatic nitrogens is 2. The van der Waals surface area contributed by atoms with Gasteiger partial charge in [0.25, 0.3) is 0 Å². The zero-order valence-electron chi connectivity index (χ0n) is 17.4. The zero-order valence-corrected chi connectivity index (χ0v) is 17.4. The Bertz CT molecular complexity index is 1050. The summed E-state index contributed by atoms with van der Waals surface area (Å²) in [4.78, 5) is 11.5. The molecule has 0 radical (unpaired) electrons. The molecule has 0 spiro atoms. The van der Waals surface area contributed by atoms with E-state index in [1.165, 1.54) is 18.5 Å². The average Bonchev–Trinajstić information content (AvgIpc) is 2.75. The van der Waals surface area contributed by atoms with Crippen LogP contribution in [0.2, 0.25) is 0 Å². The number of nitriles is 1.